The minimum absolute atomic E-state index is 0.463. The summed E-state index contributed by atoms with van der Waals surface area (Å²) in [5.74, 6) is 1.19. The lowest BCUT2D eigenvalue weighted by Gasteiger charge is -2.11. The molecule has 3 nitrogen and oxygen atoms in total. The second-order valence-electron chi connectivity index (χ2n) is 5.11. The van der Waals surface area contributed by atoms with Gasteiger partial charge in [-0.05, 0) is 30.7 Å². The number of aromatic nitrogens is 1. The molecule has 1 N–H and O–H groups in total. The first-order valence-electron chi connectivity index (χ1n) is 6.50. The van der Waals surface area contributed by atoms with Crippen LogP contribution in [0.25, 0.3) is 10.9 Å². The van der Waals surface area contributed by atoms with Gasteiger partial charge in [-0.1, -0.05) is 25.4 Å². The highest BCUT2D eigenvalue weighted by Crippen LogP contribution is 2.36. The van der Waals surface area contributed by atoms with Gasteiger partial charge in [0, 0.05) is 24.7 Å². The highest BCUT2D eigenvalue weighted by atomic mass is 35.5. The van der Waals surface area contributed by atoms with E-state index in [4.69, 9.17) is 16.3 Å². The van der Waals surface area contributed by atoms with Crippen LogP contribution in [0.3, 0.4) is 0 Å². The fraction of sp³-hybridized carbons (Fsp3) is 0.467. The van der Waals surface area contributed by atoms with Gasteiger partial charge in [0.1, 0.15) is 5.75 Å². The third kappa shape index (κ3) is 2.33. The molecule has 2 rings (SSSR count). The van der Waals surface area contributed by atoms with Gasteiger partial charge in [0.2, 0.25) is 0 Å². The predicted octanol–water partition coefficient (Wildman–Crippen LogP) is 3.68. The Morgan fingerprint density at radius 2 is 2.05 bits per heavy atom. The summed E-state index contributed by atoms with van der Waals surface area (Å²) >= 11 is 6.24. The molecular weight excluding hydrogens is 260 g/mol. The molecule has 0 saturated carbocycles. The zero-order chi connectivity index (χ0) is 14.2. The molecule has 104 valence electrons. The monoisotopic (exact) mass is 280 g/mol. The van der Waals surface area contributed by atoms with Crippen LogP contribution in [0.2, 0.25) is 5.02 Å². The van der Waals surface area contributed by atoms with E-state index in [1.807, 2.05) is 19.2 Å². The van der Waals surface area contributed by atoms with Gasteiger partial charge in [0.15, 0.2) is 0 Å². The number of rotatable bonds is 4. The van der Waals surface area contributed by atoms with Crippen LogP contribution in [0.15, 0.2) is 12.1 Å². The van der Waals surface area contributed by atoms with Crippen LogP contribution >= 0.6 is 11.6 Å². The van der Waals surface area contributed by atoms with Crippen molar-refractivity contribution >= 4 is 22.5 Å². The Morgan fingerprint density at radius 1 is 1.37 bits per heavy atom. The normalized spacial score (nSPS) is 11.5. The van der Waals surface area contributed by atoms with Crippen molar-refractivity contribution in [3.8, 4) is 5.75 Å². The number of methoxy groups -OCH3 is 1. The number of halogens is 1. The Balaban J connectivity index is 2.81. The second-order valence-corrected chi connectivity index (χ2v) is 5.52. The Morgan fingerprint density at radius 3 is 2.58 bits per heavy atom. The summed E-state index contributed by atoms with van der Waals surface area (Å²) in [6, 6.07) is 4.02. The van der Waals surface area contributed by atoms with E-state index in [1.54, 1.807) is 7.11 Å². The fourth-order valence-electron chi connectivity index (χ4n) is 2.79. The summed E-state index contributed by atoms with van der Waals surface area (Å²) in [4.78, 5) is 0. The Kier molecular flexibility index (Phi) is 4.07. The molecule has 0 saturated heterocycles. The van der Waals surface area contributed by atoms with E-state index in [0.29, 0.717) is 10.9 Å². The molecule has 0 fully saturated rings. The van der Waals surface area contributed by atoms with E-state index in [1.165, 1.54) is 16.6 Å². The zero-order valence-electron chi connectivity index (χ0n) is 12.2. The molecule has 0 amide bonds. The molecular formula is C15H21ClN2O. The van der Waals surface area contributed by atoms with Crippen molar-refractivity contribution in [2.45, 2.75) is 26.3 Å². The Labute approximate surface area is 119 Å². The van der Waals surface area contributed by atoms with E-state index < -0.39 is 0 Å². The van der Waals surface area contributed by atoms with Crippen LogP contribution in [0, 0.1) is 0 Å². The van der Waals surface area contributed by atoms with Gasteiger partial charge >= 0.3 is 0 Å². The molecule has 0 bridgehead atoms. The van der Waals surface area contributed by atoms with Gasteiger partial charge in [-0.2, -0.15) is 0 Å². The topological polar surface area (TPSA) is 26.2 Å². The second kappa shape index (κ2) is 5.43. The first-order valence-corrected chi connectivity index (χ1v) is 6.88. The number of nitrogens with zero attached hydrogens (tertiary/aromatic N) is 1. The lowest BCUT2D eigenvalue weighted by molar-refractivity contribution is 0.415. The fourth-order valence-corrected chi connectivity index (χ4v) is 3.02. The lowest BCUT2D eigenvalue weighted by Crippen LogP contribution is -2.09. The zero-order valence-corrected chi connectivity index (χ0v) is 12.9. The lowest BCUT2D eigenvalue weighted by atomic mass is 10.0. The molecule has 1 aromatic carbocycles. The summed E-state index contributed by atoms with van der Waals surface area (Å²) in [7, 11) is 5.72. The van der Waals surface area contributed by atoms with Crippen LogP contribution in [0.4, 0.5) is 0 Å². The SMILES string of the molecule is CNCc1c(C(C)C)n(C)c2cc(Cl)c(OC)cc12. The summed E-state index contributed by atoms with van der Waals surface area (Å²) in [6.45, 7) is 5.27. The largest absolute Gasteiger partial charge is 0.495 e. The van der Waals surface area contributed by atoms with E-state index in [0.717, 1.165) is 17.8 Å². The number of aryl methyl sites for hydroxylation is 1. The molecule has 2 aromatic rings. The minimum atomic E-state index is 0.463. The van der Waals surface area contributed by atoms with Gasteiger partial charge in [0.25, 0.3) is 0 Å². The maximum Gasteiger partial charge on any atom is 0.138 e. The van der Waals surface area contributed by atoms with Crippen LogP contribution in [-0.2, 0) is 13.6 Å². The van der Waals surface area contributed by atoms with Gasteiger partial charge in [-0.3, -0.25) is 0 Å². The molecule has 0 radical (unpaired) electrons. The number of fused-ring (bicyclic) bond motifs is 1. The average molecular weight is 281 g/mol. The quantitative estimate of drug-likeness (QED) is 0.925. The molecule has 0 atom stereocenters. The molecule has 1 aromatic heterocycles. The third-order valence-corrected chi connectivity index (χ3v) is 3.82. The summed E-state index contributed by atoms with van der Waals surface area (Å²) < 4.78 is 7.57. The number of hydrogen-bond donors (Lipinski definition) is 1. The van der Waals surface area contributed by atoms with Crippen LogP contribution in [0.5, 0.6) is 5.75 Å². The van der Waals surface area contributed by atoms with Gasteiger partial charge in [-0.15, -0.1) is 0 Å². The average Bonchev–Trinajstić information content (AvgIpc) is 2.62. The summed E-state index contributed by atoms with van der Waals surface area (Å²) in [5, 5.41) is 5.11. The van der Waals surface area contributed by atoms with E-state index in [-0.39, 0.29) is 0 Å². The number of hydrogen-bond acceptors (Lipinski definition) is 2. The van der Waals surface area contributed by atoms with Crippen molar-refractivity contribution in [3.05, 3.63) is 28.4 Å². The van der Waals surface area contributed by atoms with Gasteiger partial charge in [-0.25, -0.2) is 0 Å². The Bertz CT molecular complexity index is 602. The molecule has 0 aliphatic rings. The van der Waals surface area contributed by atoms with Crippen molar-refractivity contribution in [1.82, 2.24) is 9.88 Å². The molecule has 0 aliphatic heterocycles. The standard InChI is InChI=1S/C15H21ClN2O/c1-9(2)15-11(8-17-3)10-6-14(19-5)12(16)7-13(10)18(15)4/h6-7,9,17H,8H2,1-5H3. The minimum Gasteiger partial charge on any atom is -0.495 e. The molecule has 0 spiro atoms. The third-order valence-electron chi connectivity index (χ3n) is 3.53. The maximum atomic E-state index is 6.24. The van der Waals surface area contributed by atoms with Gasteiger partial charge in [0.05, 0.1) is 17.6 Å². The number of benzene rings is 1. The first kappa shape index (κ1) is 14.2. The van der Waals surface area contributed by atoms with Gasteiger partial charge < -0.3 is 14.6 Å². The van der Waals surface area contributed by atoms with Crippen LogP contribution < -0.4 is 10.1 Å². The molecule has 0 unspecified atom stereocenters. The van der Waals surface area contributed by atoms with E-state index in [2.05, 4.69) is 30.8 Å². The van der Waals surface area contributed by atoms with Crippen molar-refractivity contribution in [2.24, 2.45) is 7.05 Å². The molecule has 0 aliphatic carbocycles. The molecule has 4 heteroatoms. The van der Waals surface area contributed by atoms with E-state index in [9.17, 15) is 0 Å². The number of ether oxygens (including phenoxy) is 1. The summed E-state index contributed by atoms with van der Waals surface area (Å²) in [6.07, 6.45) is 0. The predicted molar refractivity (Wildman–Crippen MR) is 81.3 cm³/mol. The maximum absolute atomic E-state index is 6.24. The van der Waals surface area contributed by atoms with Crippen LogP contribution in [0.1, 0.15) is 31.0 Å². The van der Waals surface area contributed by atoms with Crippen molar-refractivity contribution in [3.63, 3.8) is 0 Å². The highest BCUT2D eigenvalue weighted by molar-refractivity contribution is 6.32. The summed E-state index contributed by atoms with van der Waals surface area (Å²) in [5.41, 5.74) is 3.82. The highest BCUT2D eigenvalue weighted by Gasteiger charge is 2.18. The number of nitrogens with one attached hydrogen (secondary N) is 1. The van der Waals surface area contributed by atoms with Crippen molar-refractivity contribution in [2.75, 3.05) is 14.2 Å². The molecule has 19 heavy (non-hydrogen) atoms. The Hall–Kier alpha value is -1.19. The van der Waals surface area contributed by atoms with Crippen molar-refractivity contribution < 1.29 is 4.74 Å². The molecule has 1 heterocycles. The first-order chi connectivity index (χ1) is 9.01. The van der Waals surface area contributed by atoms with Crippen LogP contribution in [-0.4, -0.2) is 18.7 Å². The smallest absolute Gasteiger partial charge is 0.138 e. The van der Waals surface area contributed by atoms with Crippen molar-refractivity contribution in [1.29, 1.82) is 0 Å². The van der Waals surface area contributed by atoms with E-state index >= 15 is 0 Å².